The molecule has 132 valence electrons. The van der Waals surface area contributed by atoms with Gasteiger partial charge in [-0.3, -0.25) is 9.59 Å². The second-order valence-electron chi connectivity index (χ2n) is 6.31. The molecule has 25 heavy (non-hydrogen) atoms. The number of carboxylic acids is 1. The molecule has 1 aliphatic heterocycles. The first-order valence-electron chi connectivity index (χ1n) is 8.35. The lowest BCUT2D eigenvalue weighted by atomic mass is 9.93. The van der Waals surface area contributed by atoms with Crippen molar-refractivity contribution >= 4 is 11.9 Å². The highest BCUT2D eigenvalue weighted by molar-refractivity contribution is 5.94. The molecule has 0 bridgehead atoms. The number of rotatable bonds is 5. The van der Waals surface area contributed by atoms with Crippen LogP contribution in [0.15, 0.2) is 36.7 Å². The van der Waals surface area contributed by atoms with Gasteiger partial charge in [-0.2, -0.15) is 5.10 Å². The molecule has 1 N–H and O–H groups in total. The van der Waals surface area contributed by atoms with Gasteiger partial charge in [0, 0.05) is 37.5 Å². The third-order valence-electron chi connectivity index (χ3n) is 4.52. The molecular weight excluding hydrogens is 325 g/mol. The molecule has 2 aromatic rings. The SMILES string of the molecule is O=C(O)CCC1CCCN(C(=O)c2ccc(-n3cccn3)c(F)c2)C1. The predicted octanol–water partition coefficient (Wildman–Crippen LogP) is 2.73. The van der Waals surface area contributed by atoms with E-state index in [0.717, 1.165) is 12.8 Å². The number of hydrogen-bond acceptors (Lipinski definition) is 3. The van der Waals surface area contributed by atoms with Crippen molar-refractivity contribution in [2.45, 2.75) is 25.7 Å². The Kier molecular flexibility index (Phi) is 5.11. The molecule has 3 rings (SSSR count). The fraction of sp³-hybridized carbons (Fsp3) is 0.389. The van der Waals surface area contributed by atoms with Gasteiger partial charge in [0.1, 0.15) is 11.5 Å². The van der Waals surface area contributed by atoms with Crippen molar-refractivity contribution < 1.29 is 19.1 Å². The first-order chi connectivity index (χ1) is 12.0. The third kappa shape index (κ3) is 4.04. The minimum absolute atomic E-state index is 0.111. The molecule has 0 radical (unpaired) electrons. The molecule has 1 aromatic heterocycles. The highest BCUT2D eigenvalue weighted by atomic mass is 19.1. The molecule has 6 nitrogen and oxygen atoms in total. The number of aliphatic carboxylic acids is 1. The Bertz CT molecular complexity index is 761. The number of benzene rings is 1. The summed E-state index contributed by atoms with van der Waals surface area (Å²) in [6, 6.07) is 6.08. The van der Waals surface area contributed by atoms with Crippen LogP contribution < -0.4 is 0 Å². The maximum atomic E-state index is 14.3. The minimum atomic E-state index is -0.820. The largest absolute Gasteiger partial charge is 0.481 e. The summed E-state index contributed by atoms with van der Waals surface area (Å²) < 4.78 is 15.7. The molecule has 0 spiro atoms. The van der Waals surface area contributed by atoms with Gasteiger partial charge in [-0.1, -0.05) is 0 Å². The van der Waals surface area contributed by atoms with Crippen LogP contribution in [0.5, 0.6) is 0 Å². The zero-order valence-corrected chi connectivity index (χ0v) is 13.8. The van der Waals surface area contributed by atoms with E-state index in [1.165, 1.54) is 10.7 Å². The van der Waals surface area contributed by atoms with E-state index in [-0.39, 0.29) is 18.2 Å². The van der Waals surface area contributed by atoms with Crippen molar-refractivity contribution in [3.63, 3.8) is 0 Å². The van der Waals surface area contributed by atoms with E-state index in [1.54, 1.807) is 35.5 Å². The van der Waals surface area contributed by atoms with Crippen molar-refractivity contribution in [2.24, 2.45) is 5.92 Å². The molecule has 1 aromatic carbocycles. The molecule has 0 saturated carbocycles. The molecular formula is C18H20FN3O3. The predicted molar refractivity (Wildman–Crippen MR) is 89.0 cm³/mol. The summed E-state index contributed by atoms with van der Waals surface area (Å²) >= 11 is 0. The molecule has 0 aliphatic carbocycles. The van der Waals surface area contributed by atoms with Gasteiger partial charge >= 0.3 is 5.97 Å². The van der Waals surface area contributed by atoms with Crippen molar-refractivity contribution in [3.05, 3.63) is 48.0 Å². The molecule has 1 saturated heterocycles. The molecule has 1 amide bonds. The first-order valence-corrected chi connectivity index (χ1v) is 8.35. The molecule has 1 aliphatic rings. The van der Waals surface area contributed by atoms with E-state index in [9.17, 15) is 14.0 Å². The van der Waals surface area contributed by atoms with Gasteiger partial charge in [0.2, 0.25) is 0 Å². The van der Waals surface area contributed by atoms with Crippen molar-refractivity contribution in [2.75, 3.05) is 13.1 Å². The molecule has 7 heteroatoms. The van der Waals surface area contributed by atoms with Crippen LogP contribution in [0.3, 0.4) is 0 Å². The van der Waals surface area contributed by atoms with E-state index in [0.29, 0.717) is 30.8 Å². The smallest absolute Gasteiger partial charge is 0.303 e. The minimum Gasteiger partial charge on any atom is -0.481 e. The second-order valence-corrected chi connectivity index (χ2v) is 6.31. The number of hydrogen-bond donors (Lipinski definition) is 1. The summed E-state index contributed by atoms with van der Waals surface area (Å²) in [5.74, 6) is -1.36. The Morgan fingerprint density at radius 2 is 2.20 bits per heavy atom. The zero-order valence-electron chi connectivity index (χ0n) is 13.8. The van der Waals surface area contributed by atoms with Crippen LogP contribution in [0, 0.1) is 11.7 Å². The van der Waals surface area contributed by atoms with Crippen LogP contribution >= 0.6 is 0 Å². The Morgan fingerprint density at radius 3 is 2.88 bits per heavy atom. The number of aromatic nitrogens is 2. The zero-order chi connectivity index (χ0) is 17.8. The van der Waals surface area contributed by atoms with E-state index in [4.69, 9.17) is 5.11 Å². The van der Waals surface area contributed by atoms with Gasteiger partial charge in [0.15, 0.2) is 0 Å². The number of nitrogens with zero attached hydrogens (tertiary/aromatic N) is 3. The normalized spacial score (nSPS) is 17.5. The molecule has 2 heterocycles. The van der Waals surface area contributed by atoms with E-state index in [2.05, 4.69) is 5.10 Å². The van der Waals surface area contributed by atoms with Gasteiger partial charge in [-0.05, 0) is 49.4 Å². The number of halogens is 1. The maximum Gasteiger partial charge on any atom is 0.303 e. The van der Waals surface area contributed by atoms with Gasteiger partial charge in [0.05, 0.1) is 0 Å². The van der Waals surface area contributed by atoms with Crippen molar-refractivity contribution in [1.29, 1.82) is 0 Å². The summed E-state index contributed by atoms with van der Waals surface area (Å²) in [6.07, 6.45) is 5.63. The van der Waals surface area contributed by atoms with Crippen LogP contribution in [-0.2, 0) is 4.79 Å². The van der Waals surface area contributed by atoms with Gasteiger partial charge in [0.25, 0.3) is 5.91 Å². The lowest BCUT2D eigenvalue weighted by Gasteiger charge is -2.32. The number of carbonyl (C=O) groups is 2. The maximum absolute atomic E-state index is 14.3. The average molecular weight is 345 g/mol. The molecule has 1 fully saturated rings. The van der Waals surface area contributed by atoms with Gasteiger partial charge in [-0.25, -0.2) is 9.07 Å². The van der Waals surface area contributed by atoms with E-state index in [1.807, 2.05) is 0 Å². The first kappa shape index (κ1) is 17.1. The summed E-state index contributed by atoms with van der Waals surface area (Å²) in [5.41, 5.74) is 0.590. The van der Waals surface area contributed by atoms with E-state index >= 15 is 0 Å². The van der Waals surface area contributed by atoms with Crippen LogP contribution in [0.1, 0.15) is 36.0 Å². The fourth-order valence-corrected chi connectivity index (χ4v) is 3.23. The molecule has 1 unspecified atom stereocenters. The highest BCUT2D eigenvalue weighted by Gasteiger charge is 2.25. The van der Waals surface area contributed by atoms with Crippen molar-refractivity contribution in [3.8, 4) is 5.69 Å². The number of amides is 1. The number of piperidine rings is 1. The van der Waals surface area contributed by atoms with E-state index < -0.39 is 11.8 Å². The standard InChI is InChI=1S/C18H20FN3O3/c19-15-11-14(5-6-16(15)22-10-2-8-20-22)18(25)21-9-1-3-13(12-21)4-7-17(23)24/h2,5-6,8,10-11,13H,1,3-4,7,9,12H2,(H,23,24). The fourth-order valence-electron chi connectivity index (χ4n) is 3.23. The quantitative estimate of drug-likeness (QED) is 0.904. The Labute approximate surface area is 144 Å². The summed E-state index contributed by atoms with van der Waals surface area (Å²) in [7, 11) is 0. The number of likely N-dealkylation sites (tertiary alicyclic amines) is 1. The summed E-state index contributed by atoms with van der Waals surface area (Å²) in [4.78, 5) is 25.1. The van der Waals surface area contributed by atoms with Crippen LogP contribution in [0.4, 0.5) is 4.39 Å². The highest BCUT2D eigenvalue weighted by Crippen LogP contribution is 2.23. The lowest BCUT2D eigenvalue weighted by Crippen LogP contribution is -2.40. The average Bonchev–Trinajstić information content (AvgIpc) is 3.14. The van der Waals surface area contributed by atoms with Gasteiger partial charge < -0.3 is 10.0 Å². The topological polar surface area (TPSA) is 75.4 Å². The monoisotopic (exact) mass is 345 g/mol. The summed E-state index contributed by atoms with van der Waals surface area (Å²) in [5, 5.41) is 12.8. The van der Waals surface area contributed by atoms with Gasteiger partial charge in [-0.15, -0.1) is 0 Å². The number of carboxylic acid groups (broad SMARTS) is 1. The summed E-state index contributed by atoms with van der Waals surface area (Å²) in [6.45, 7) is 1.14. The third-order valence-corrected chi connectivity index (χ3v) is 4.52. The number of carbonyl (C=O) groups excluding carboxylic acids is 1. The van der Waals surface area contributed by atoms with Crippen LogP contribution in [0.25, 0.3) is 5.69 Å². The Hall–Kier alpha value is -2.70. The van der Waals surface area contributed by atoms with Crippen LogP contribution in [-0.4, -0.2) is 44.8 Å². The van der Waals surface area contributed by atoms with Crippen LogP contribution in [0.2, 0.25) is 0 Å². The second kappa shape index (κ2) is 7.46. The lowest BCUT2D eigenvalue weighted by molar-refractivity contribution is -0.137. The Morgan fingerprint density at radius 1 is 1.36 bits per heavy atom. The molecule has 1 atom stereocenters. The Balaban J connectivity index is 1.70. The van der Waals surface area contributed by atoms with Crippen molar-refractivity contribution in [1.82, 2.24) is 14.7 Å².